The molecule has 0 bridgehead atoms. The molecule has 7 heteroatoms. The maximum atomic E-state index is 12.9. The van der Waals surface area contributed by atoms with Crippen molar-refractivity contribution in [3.8, 4) is 12.3 Å². The molecule has 1 fully saturated rings. The average molecular weight is 275 g/mol. The topological polar surface area (TPSA) is 46.6 Å². The zero-order valence-electron chi connectivity index (χ0n) is 10.2. The molecule has 1 aliphatic heterocycles. The van der Waals surface area contributed by atoms with Gasteiger partial charge in [-0.15, -0.1) is 12.3 Å². The first kappa shape index (κ1) is 15.1. The molecule has 0 N–H and O–H groups in total. The van der Waals surface area contributed by atoms with Gasteiger partial charge in [0.1, 0.15) is 5.70 Å². The van der Waals surface area contributed by atoms with Crippen molar-refractivity contribution in [1.82, 2.24) is 4.90 Å². The zero-order valence-corrected chi connectivity index (χ0v) is 10.2. The van der Waals surface area contributed by atoms with E-state index in [-0.39, 0.29) is 25.6 Å². The van der Waals surface area contributed by atoms with E-state index in [1.54, 1.807) is 0 Å². The summed E-state index contributed by atoms with van der Waals surface area (Å²) in [5, 5.41) is 0. The van der Waals surface area contributed by atoms with Crippen molar-refractivity contribution in [2.75, 3.05) is 13.2 Å². The Labute approximate surface area is 108 Å². The van der Waals surface area contributed by atoms with Gasteiger partial charge >= 0.3 is 12.1 Å². The third-order valence-electron chi connectivity index (χ3n) is 2.48. The molecule has 0 aliphatic carbocycles. The third kappa shape index (κ3) is 3.74. The molecule has 0 aromatic rings. The van der Waals surface area contributed by atoms with E-state index in [2.05, 4.69) is 10.7 Å². The Bertz CT molecular complexity index is 448. The van der Waals surface area contributed by atoms with Crippen LogP contribution in [0.25, 0.3) is 0 Å². The van der Waals surface area contributed by atoms with Crippen LogP contribution in [0.2, 0.25) is 0 Å². The van der Waals surface area contributed by atoms with Crippen molar-refractivity contribution < 1.29 is 27.5 Å². The van der Waals surface area contributed by atoms with Crippen LogP contribution in [0, 0.1) is 18.3 Å². The molecule has 104 valence electrons. The number of amides is 1. The van der Waals surface area contributed by atoms with Gasteiger partial charge in [0.15, 0.2) is 0 Å². The number of allylic oxidation sites excluding steroid dienone is 1. The number of nitrogens with zero attached hydrogens (tertiary/aromatic N) is 1. The Balaban J connectivity index is 3.03. The van der Waals surface area contributed by atoms with Gasteiger partial charge in [0.05, 0.1) is 12.7 Å². The van der Waals surface area contributed by atoms with Crippen LogP contribution < -0.4 is 0 Å². The summed E-state index contributed by atoms with van der Waals surface area (Å²) < 4.78 is 43.0. The summed E-state index contributed by atoms with van der Waals surface area (Å²) in [6.07, 6.45) is 0.386. The van der Waals surface area contributed by atoms with Crippen LogP contribution in [0.3, 0.4) is 0 Å². The second kappa shape index (κ2) is 5.78. The SMILES string of the molecule is C#CC1CC(=O)N(C(=CC(=O)OCC)C(F)(F)F)C1. The lowest BCUT2D eigenvalue weighted by Crippen LogP contribution is -2.34. The van der Waals surface area contributed by atoms with E-state index >= 15 is 0 Å². The molecule has 1 atom stereocenters. The first-order chi connectivity index (χ1) is 8.79. The highest BCUT2D eigenvalue weighted by atomic mass is 19.4. The largest absolute Gasteiger partial charge is 0.463 e. The highest BCUT2D eigenvalue weighted by Crippen LogP contribution is 2.33. The number of hydrogen-bond acceptors (Lipinski definition) is 3. The first-order valence-electron chi connectivity index (χ1n) is 5.51. The first-order valence-corrected chi connectivity index (χ1v) is 5.51. The number of carbonyl (C=O) groups excluding carboxylic acids is 2. The van der Waals surface area contributed by atoms with Crippen molar-refractivity contribution in [3.63, 3.8) is 0 Å². The molecular formula is C12H12F3NO3. The fourth-order valence-corrected chi connectivity index (χ4v) is 1.66. The minimum Gasteiger partial charge on any atom is -0.463 e. The second-order valence-corrected chi connectivity index (χ2v) is 3.85. The second-order valence-electron chi connectivity index (χ2n) is 3.85. The molecule has 1 amide bonds. The van der Waals surface area contributed by atoms with Crippen molar-refractivity contribution >= 4 is 11.9 Å². The maximum Gasteiger partial charge on any atom is 0.431 e. The smallest absolute Gasteiger partial charge is 0.431 e. The van der Waals surface area contributed by atoms with E-state index in [9.17, 15) is 22.8 Å². The van der Waals surface area contributed by atoms with Gasteiger partial charge in [-0.1, -0.05) is 0 Å². The number of rotatable bonds is 3. The number of halogens is 3. The molecule has 1 aliphatic rings. The van der Waals surface area contributed by atoms with Crippen molar-refractivity contribution in [2.45, 2.75) is 19.5 Å². The average Bonchev–Trinajstić information content (AvgIpc) is 2.66. The third-order valence-corrected chi connectivity index (χ3v) is 2.48. The number of hydrogen-bond donors (Lipinski definition) is 0. The predicted octanol–water partition coefficient (Wildman–Crippen LogP) is 1.48. The molecule has 1 saturated heterocycles. The molecule has 0 saturated carbocycles. The van der Waals surface area contributed by atoms with Gasteiger partial charge in [-0.25, -0.2) is 4.79 Å². The molecule has 19 heavy (non-hydrogen) atoms. The highest BCUT2D eigenvalue weighted by Gasteiger charge is 2.44. The summed E-state index contributed by atoms with van der Waals surface area (Å²) in [5.74, 6) is -0.247. The number of alkyl halides is 3. The minimum atomic E-state index is -4.83. The zero-order chi connectivity index (χ0) is 14.6. The fourth-order valence-electron chi connectivity index (χ4n) is 1.66. The van der Waals surface area contributed by atoms with Crippen LogP contribution in [0.15, 0.2) is 11.8 Å². The van der Waals surface area contributed by atoms with Crippen LogP contribution in [-0.4, -0.2) is 36.1 Å². The lowest BCUT2D eigenvalue weighted by atomic mass is 10.1. The molecule has 0 aromatic heterocycles. The van der Waals surface area contributed by atoms with Gasteiger partial charge in [-0.05, 0) is 6.92 Å². The molecule has 1 unspecified atom stereocenters. The number of terminal acetylenes is 1. The van der Waals surface area contributed by atoms with E-state index in [0.717, 1.165) is 0 Å². The Hall–Kier alpha value is -1.97. The summed E-state index contributed by atoms with van der Waals surface area (Å²) in [6.45, 7) is 1.16. The van der Waals surface area contributed by atoms with E-state index in [1.165, 1.54) is 6.92 Å². The highest BCUT2D eigenvalue weighted by molar-refractivity contribution is 5.86. The quantitative estimate of drug-likeness (QED) is 0.445. The maximum absolute atomic E-state index is 12.9. The van der Waals surface area contributed by atoms with E-state index in [0.29, 0.717) is 4.90 Å². The Morgan fingerprint density at radius 1 is 1.63 bits per heavy atom. The van der Waals surface area contributed by atoms with Gasteiger partial charge in [0.25, 0.3) is 0 Å². The van der Waals surface area contributed by atoms with Crippen LogP contribution in [0.4, 0.5) is 13.2 Å². The van der Waals surface area contributed by atoms with Crippen molar-refractivity contribution in [1.29, 1.82) is 0 Å². The Morgan fingerprint density at radius 3 is 2.68 bits per heavy atom. The molecule has 0 radical (unpaired) electrons. The van der Waals surface area contributed by atoms with E-state index in [1.807, 2.05) is 0 Å². The predicted molar refractivity (Wildman–Crippen MR) is 59.4 cm³/mol. The van der Waals surface area contributed by atoms with Crippen LogP contribution in [-0.2, 0) is 14.3 Å². The van der Waals surface area contributed by atoms with Crippen molar-refractivity contribution in [2.24, 2.45) is 5.92 Å². The normalized spacial score (nSPS) is 20.4. The number of likely N-dealkylation sites (tertiary alicyclic amines) is 1. The van der Waals surface area contributed by atoms with Gasteiger partial charge < -0.3 is 9.64 Å². The van der Waals surface area contributed by atoms with Gasteiger partial charge in [0, 0.05) is 18.9 Å². The molecule has 1 heterocycles. The lowest BCUT2D eigenvalue weighted by molar-refractivity contribution is -0.142. The molecule has 1 rings (SSSR count). The van der Waals surface area contributed by atoms with E-state index in [4.69, 9.17) is 6.42 Å². The van der Waals surface area contributed by atoms with Crippen LogP contribution >= 0.6 is 0 Å². The summed E-state index contributed by atoms with van der Waals surface area (Å²) in [6, 6.07) is 0. The summed E-state index contributed by atoms with van der Waals surface area (Å²) in [7, 11) is 0. The number of carbonyl (C=O) groups is 2. The minimum absolute atomic E-state index is 0.0542. The summed E-state index contributed by atoms with van der Waals surface area (Å²) >= 11 is 0. The van der Waals surface area contributed by atoms with Crippen molar-refractivity contribution in [3.05, 3.63) is 11.8 Å². The fraction of sp³-hybridized carbons (Fsp3) is 0.500. The van der Waals surface area contributed by atoms with Gasteiger partial charge in [-0.2, -0.15) is 13.2 Å². The molecule has 0 aromatic carbocycles. The summed E-state index contributed by atoms with van der Waals surface area (Å²) in [4.78, 5) is 23.1. The van der Waals surface area contributed by atoms with Crippen LogP contribution in [0.1, 0.15) is 13.3 Å². The summed E-state index contributed by atoms with van der Waals surface area (Å²) in [5.41, 5.74) is -1.34. The number of esters is 1. The Kier molecular flexibility index (Phi) is 4.59. The van der Waals surface area contributed by atoms with E-state index < -0.39 is 29.7 Å². The van der Waals surface area contributed by atoms with Gasteiger partial charge in [-0.3, -0.25) is 4.79 Å². The monoisotopic (exact) mass is 275 g/mol. The standard InChI is InChI=1S/C12H12F3NO3/c1-3-8-5-10(17)16(7-8)9(12(13,14)15)6-11(18)19-4-2/h1,6,8H,4-5,7H2,2H3. The van der Waals surface area contributed by atoms with Crippen LogP contribution in [0.5, 0.6) is 0 Å². The Morgan fingerprint density at radius 2 is 2.26 bits per heavy atom. The molecule has 0 spiro atoms. The number of ether oxygens (including phenoxy) is 1. The molecule has 4 nitrogen and oxygen atoms in total. The lowest BCUT2D eigenvalue weighted by Gasteiger charge is -2.21. The molecular weight excluding hydrogens is 263 g/mol. The van der Waals surface area contributed by atoms with Gasteiger partial charge in [0.2, 0.25) is 5.91 Å².